The summed E-state index contributed by atoms with van der Waals surface area (Å²) in [6.45, 7) is 27.9. The summed E-state index contributed by atoms with van der Waals surface area (Å²) in [4.78, 5) is 5.10. The molecule has 0 atom stereocenters. The molecule has 3 heteroatoms. The Morgan fingerprint density at radius 3 is 1.08 bits per heavy atom. The molecule has 250 valence electrons. The van der Waals surface area contributed by atoms with Gasteiger partial charge >= 0.3 is 0 Å². The second-order valence-electron chi connectivity index (χ2n) is 18.5. The zero-order valence-electron chi connectivity index (χ0n) is 31.8. The first-order valence-corrected chi connectivity index (χ1v) is 18.1. The largest absolute Gasteiger partial charge is 0.311 e. The van der Waals surface area contributed by atoms with E-state index in [2.05, 4.69) is 196 Å². The molecular formula is C46H53BN2. The summed E-state index contributed by atoms with van der Waals surface area (Å²) in [5, 5.41) is 0. The van der Waals surface area contributed by atoms with Gasteiger partial charge in [-0.2, -0.15) is 0 Å². The Kier molecular flexibility index (Phi) is 7.56. The first kappa shape index (κ1) is 33.3. The molecule has 0 radical (unpaired) electrons. The van der Waals surface area contributed by atoms with Crippen LogP contribution in [-0.4, -0.2) is 6.71 Å². The van der Waals surface area contributed by atoms with Crippen molar-refractivity contribution in [2.45, 2.75) is 105 Å². The molecule has 2 aliphatic heterocycles. The van der Waals surface area contributed by atoms with E-state index in [1.807, 2.05) is 0 Å². The van der Waals surface area contributed by atoms with E-state index in [4.69, 9.17) is 0 Å². The van der Waals surface area contributed by atoms with Crippen LogP contribution >= 0.6 is 0 Å². The van der Waals surface area contributed by atoms with Crippen molar-refractivity contribution in [1.29, 1.82) is 0 Å². The fourth-order valence-electron chi connectivity index (χ4n) is 7.64. The van der Waals surface area contributed by atoms with E-state index in [9.17, 15) is 0 Å². The van der Waals surface area contributed by atoms with Crippen LogP contribution in [0.2, 0.25) is 0 Å². The first-order chi connectivity index (χ1) is 22.8. The lowest BCUT2D eigenvalue weighted by Gasteiger charge is -2.45. The Morgan fingerprint density at radius 1 is 0.367 bits per heavy atom. The van der Waals surface area contributed by atoms with Crippen molar-refractivity contribution in [2.75, 3.05) is 9.80 Å². The van der Waals surface area contributed by atoms with Crippen molar-refractivity contribution in [3.8, 4) is 0 Å². The number of hydrogen-bond acceptors (Lipinski definition) is 2. The fourth-order valence-corrected chi connectivity index (χ4v) is 7.64. The van der Waals surface area contributed by atoms with Crippen LogP contribution in [0, 0.1) is 0 Å². The van der Waals surface area contributed by atoms with E-state index in [1.165, 1.54) is 72.8 Å². The molecule has 7 rings (SSSR count). The molecule has 0 spiro atoms. The van der Waals surface area contributed by atoms with Crippen LogP contribution in [0.25, 0.3) is 0 Å². The lowest BCUT2D eigenvalue weighted by molar-refractivity contribution is 0.589. The Hall–Kier alpha value is -4.24. The van der Waals surface area contributed by atoms with Gasteiger partial charge in [-0.15, -0.1) is 0 Å². The fraction of sp³-hybridized carbons (Fsp3) is 0.348. The molecule has 0 unspecified atom stereocenters. The quantitative estimate of drug-likeness (QED) is 0.173. The van der Waals surface area contributed by atoms with Crippen molar-refractivity contribution in [2.24, 2.45) is 0 Å². The van der Waals surface area contributed by atoms with Crippen molar-refractivity contribution in [1.82, 2.24) is 0 Å². The Bertz CT molecular complexity index is 1930. The van der Waals surface area contributed by atoms with Crippen molar-refractivity contribution < 1.29 is 0 Å². The van der Waals surface area contributed by atoms with Gasteiger partial charge in [0.05, 0.1) is 0 Å². The molecule has 49 heavy (non-hydrogen) atoms. The van der Waals surface area contributed by atoms with E-state index in [0.717, 1.165) is 0 Å². The van der Waals surface area contributed by atoms with Gasteiger partial charge in [-0.3, -0.25) is 0 Å². The van der Waals surface area contributed by atoms with Crippen molar-refractivity contribution in [3.63, 3.8) is 0 Å². The number of rotatable bonds is 2. The molecule has 0 amide bonds. The average molecular weight is 645 g/mol. The van der Waals surface area contributed by atoms with Crippen LogP contribution in [0.15, 0.2) is 103 Å². The Balaban J connectivity index is 1.57. The molecule has 0 aromatic heterocycles. The highest BCUT2D eigenvalue weighted by atomic mass is 15.2. The molecule has 2 aliphatic rings. The minimum atomic E-state index is 0.0248. The predicted molar refractivity (Wildman–Crippen MR) is 215 cm³/mol. The van der Waals surface area contributed by atoms with Crippen LogP contribution in [0.4, 0.5) is 34.1 Å². The maximum Gasteiger partial charge on any atom is 0.252 e. The number of benzene rings is 5. The molecule has 2 heterocycles. The number of nitrogens with zero attached hydrogens (tertiary/aromatic N) is 2. The third-order valence-electron chi connectivity index (χ3n) is 10.7. The van der Waals surface area contributed by atoms with E-state index in [0.29, 0.717) is 0 Å². The smallest absolute Gasteiger partial charge is 0.252 e. The molecule has 0 fully saturated rings. The van der Waals surface area contributed by atoms with E-state index < -0.39 is 0 Å². The monoisotopic (exact) mass is 644 g/mol. The van der Waals surface area contributed by atoms with Gasteiger partial charge in [0.15, 0.2) is 0 Å². The van der Waals surface area contributed by atoms with E-state index in [1.54, 1.807) is 0 Å². The summed E-state index contributed by atoms with van der Waals surface area (Å²) in [6, 6.07) is 39.9. The molecule has 0 aliphatic carbocycles. The van der Waals surface area contributed by atoms with Gasteiger partial charge < -0.3 is 9.80 Å². The molecule has 0 saturated heterocycles. The highest BCUT2D eigenvalue weighted by molar-refractivity contribution is 7.00. The second-order valence-corrected chi connectivity index (χ2v) is 18.5. The maximum absolute atomic E-state index is 2.55. The van der Waals surface area contributed by atoms with Crippen LogP contribution < -0.4 is 26.2 Å². The molecular weight excluding hydrogens is 591 g/mol. The molecule has 5 aromatic rings. The molecule has 5 aromatic carbocycles. The van der Waals surface area contributed by atoms with Gasteiger partial charge in [-0.25, -0.2) is 0 Å². The van der Waals surface area contributed by atoms with Crippen LogP contribution in [0.5, 0.6) is 0 Å². The zero-order chi connectivity index (χ0) is 35.3. The zero-order valence-corrected chi connectivity index (χ0v) is 31.8. The first-order valence-electron chi connectivity index (χ1n) is 18.1. The van der Waals surface area contributed by atoms with Gasteiger partial charge in [0.25, 0.3) is 6.71 Å². The molecule has 0 bridgehead atoms. The number of anilines is 6. The minimum Gasteiger partial charge on any atom is -0.311 e. The summed E-state index contributed by atoms with van der Waals surface area (Å²) in [5.41, 5.74) is 17.1. The van der Waals surface area contributed by atoms with Gasteiger partial charge in [-0.1, -0.05) is 138 Å². The van der Waals surface area contributed by atoms with Crippen LogP contribution in [0.3, 0.4) is 0 Å². The maximum atomic E-state index is 2.55. The highest BCUT2D eigenvalue weighted by Gasteiger charge is 2.44. The Morgan fingerprint density at radius 2 is 0.714 bits per heavy atom. The van der Waals surface area contributed by atoms with Gasteiger partial charge in [-0.05, 0) is 109 Å². The van der Waals surface area contributed by atoms with E-state index >= 15 is 0 Å². The topological polar surface area (TPSA) is 6.48 Å². The summed E-state index contributed by atoms with van der Waals surface area (Å²) in [6.07, 6.45) is 0. The highest BCUT2D eigenvalue weighted by Crippen LogP contribution is 2.46. The standard InChI is InChI=1S/C46H53BN2/c1-43(2,3)30-16-13-18-34(26-30)48-38-20-15-21-39-42(38)47(36-24-22-32(28-40(36)48)45(7,8)9)37-25-23-33(46(10,11)12)29-41(37)49(39)35-19-14-17-31(27-35)44(4,5)6/h13-29H,1-12H3. The summed E-state index contributed by atoms with van der Waals surface area (Å²) in [5.74, 6) is 0. The molecule has 0 N–H and O–H groups in total. The van der Waals surface area contributed by atoms with E-state index in [-0.39, 0.29) is 28.4 Å². The number of fused-ring (bicyclic) bond motifs is 4. The molecule has 0 saturated carbocycles. The van der Waals surface area contributed by atoms with Crippen molar-refractivity contribution >= 4 is 57.2 Å². The van der Waals surface area contributed by atoms with Crippen molar-refractivity contribution in [3.05, 3.63) is 125 Å². The number of hydrogen-bond donors (Lipinski definition) is 0. The normalized spacial score (nSPS) is 14.4. The van der Waals surface area contributed by atoms with Crippen LogP contribution in [0.1, 0.15) is 105 Å². The molecule has 2 nitrogen and oxygen atoms in total. The second kappa shape index (κ2) is 11.1. The summed E-state index contributed by atoms with van der Waals surface area (Å²) >= 11 is 0. The Labute approximate surface area is 296 Å². The lowest BCUT2D eigenvalue weighted by Crippen LogP contribution is -2.61. The van der Waals surface area contributed by atoms with Gasteiger partial charge in [0, 0.05) is 34.1 Å². The summed E-state index contributed by atoms with van der Waals surface area (Å²) < 4.78 is 0. The lowest BCUT2D eigenvalue weighted by atomic mass is 9.33. The third-order valence-corrected chi connectivity index (χ3v) is 10.7. The SMILES string of the molecule is CC(C)(C)c1cccc(N2c3cc(C(C)(C)C)ccc3B3c4ccc(C(C)(C)C)cc4N(c4cccc(C(C)(C)C)c4)c4cccc2c43)c1. The minimum absolute atomic E-state index is 0.0248. The van der Waals surface area contributed by atoms with Gasteiger partial charge in [0.1, 0.15) is 0 Å². The van der Waals surface area contributed by atoms with Crippen LogP contribution in [-0.2, 0) is 21.7 Å². The summed E-state index contributed by atoms with van der Waals surface area (Å²) in [7, 11) is 0. The van der Waals surface area contributed by atoms with Gasteiger partial charge in [0.2, 0.25) is 0 Å². The third kappa shape index (κ3) is 5.70. The predicted octanol–water partition coefficient (Wildman–Crippen LogP) is 11.0. The average Bonchev–Trinajstić information content (AvgIpc) is 3.02.